The highest BCUT2D eigenvalue weighted by atomic mass is 32.1. The number of carbonyl (C=O) groups excluding carboxylic acids is 1. The summed E-state index contributed by atoms with van der Waals surface area (Å²) in [5.41, 5.74) is 2.51. The Morgan fingerprint density at radius 2 is 1.58 bits per heavy atom. The summed E-state index contributed by atoms with van der Waals surface area (Å²) in [7, 11) is 2.95. The van der Waals surface area contributed by atoms with E-state index in [1.165, 1.54) is 37.7 Å². The molecule has 0 aliphatic carbocycles. The van der Waals surface area contributed by atoms with E-state index in [1.54, 1.807) is 30.3 Å². The fraction of sp³-hybridized carbons (Fsp3) is 0.200. The van der Waals surface area contributed by atoms with Crippen LogP contribution in [0.5, 0.6) is 23.0 Å². The highest BCUT2D eigenvalue weighted by molar-refractivity contribution is 7.19. The number of benzene rings is 3. The van der Waals surface area contributed by atoms with E-state index in [0.717, 1.165) is 11.1 Å². The molecule has 0 amide bonds. The second-order valence-electron chi connectivity index (χ2n) is 9.05. The van der Waals surface area contributed by atoms with E-state index in [9.17, 15) is 19.8 Å². The maximum atomic E-state index is 13.4. The van der Waals surface area contributed by atoms with E-state index in [4.69, 9.17) is 9.47 Å². The summed E-state index contributed by atoms with van der Waals surface area (Å²) < 4.78 is 10.6. The van der Waals surface area contributed by atoms with Gasteiger partial charge in [0.25, 0.3) is 0 Å². The van der Waals surface area contributed by atoms with Crippen molar-refractivity contribution < 1.29 is 24.5 Å². The van der Waals surface area contributed by atoms with E-state index < -0.39 is 0 Å². The molecule has 1 aromatic heterocycles. The van der Waals surface area contributed by atoms with Crippen LogP contribution in [0.3, 0.4) is 0 Å². The molecule has 1 aliphatic heterocycles. The molecule has 0 fully saturated rings. The molecule has 0 saturated carbocycles. The lowest BCUT2D eigenvalue weighted by molar-refractivity contribution is 0.0965. The molecule has 3 aromatic carbocycles. The minimum Gasteiger partial charge on any atom is -0.504 e. The predicted molar refractivity (Wildman–Crippen MR) is 148 cm³/mol. The van der Waals surface area contributed by atoms with Crippen LogP contribution in [0.4, 0.5) is 5.00 Å². The molecule has 0 spiro atoms. The standard InChI is InChI=1S/C30H27NO6S/c1-36-26-14-19(8-10-22(26)32)21-16-24(34)29-25(35)17-28(20-9-11-23(33)27(15-20)37-2)38-30(29)31(21)13-12-18-6-4-3-5-7-18/h3-11,14-15,17,21,32-33H,12-13,16H2,1-2H3. The van der Waals surface area contributed by atoms with E-state index in [0.29, 0.717) is 39.9 Å². The fourth-order valence-corrected chi connectivity index (χ4v) is 6.06. The van der Waals surface area contributed by atoms with Crippen LogP contribution in [-0.4, -0.2) is 36.8 Å². The number of aromatic hydroxyl groups is 2. The fourth-order valence-electron chi connectivity index (χ4n) is 4.79. The lowest BCUT2D eigenvalue weighted by atomic mass is 9.92. The van der Waals surface area contributed by atoms with Gasteiger partial charge in [0.15, 0.2) is 34.2 Å². The summed E-state index contributed by atoms with van der Waals surface area (Å²) in [5, 5.41) is 20.8. The van der Waals surface area contributed by atoms with E-state index >= 15 is 0 Å². The molecule has 38 heavy (non-hydrogen) atoms. The number of fused-ring (bicyclic) bond motifs is 1. The largest absolute Gasteiger partial charge is 0.504 e. The zero-order chi connectivity index (χ0) is 26.8. The number of phenolic OH excluding ortho intramolecular Hbond substituents is 2. The molecule has 2 N–H and O–H groups in total. The van der Waals surface area contributed by atoms with Crippen LogP contribution in [0.15, 0.2) is 77.6 Å². The molecule has 1 unspecified atom stereocenters. The molecule has 1 aliphatic rings. The Balaban J connectivity index is 1.64. The lowest BCUT2D eigenvalue weighted by Crippen LogP contribution is -2.39. The molecule has 2 heterocycles. The van der Waals surface area contributed by atoms with Crippen molar-refractivity contribution in [2.45, 2.75) is 18.9 Å². The topological polar surface area (TPSA) is 96.3 Å². The van der Waals surface area contributed by atoms with Gasteiger partial charge in [-0.15, -0.1) is 11.3 Å². The first-order valence-electron chi connectivity index (χ1n) is 12.2. The van der Waals surface area contributed by atoms with Crippen LogP contribution >= 0.6 is 11.3 Å². The van der Waals surface area contributed by atoms with Crippen LogP contribution in [-0.2, 0) is 6.42 Å². The SMILES string of the molecule is COc1cc(-c2cc(=O)c3c(s2)N(CCc2ccccc2)C(c2ccc(O)c(OC)c2)CC3=O)ccc1O. The van der Waals surface area contributed by atoms with Crippen LogP contribution < -0.4 is 19.8 Å². The van der Waals surface area contributed by atoms with Gasteiger partial charge in [-0.05, 0) is 53.4 Å². The van der Waals surface area contributed by atoms with Gasteiger partial charge in [0.1, 0.15) is 5.00 Å². The average molecular weight is 530 g/mol. The minimum atomic E-state index is -0.353. The number of Topliss-reactive ketones (excluding diaryl/α,β-unsaturated/α-hetero) is 1. The number of carbonyl (C=O) groups is 1. The lowest BCUT2D eigenvalue weighted by Gasteiger charge is -2.38. The van der Waals surface area contributed by atoms with Gasteiger partial charge in [0, 0.05) is 23.9 Å². The first kappa shape index (κ1) is 25.4. The maximum absolute atomic E-state index is 13.4. The third-order valence-electron chi connectivity index (χ3n) is 6.76. The quantitative estimate of drug-likeness (QED) is 0.323. The van der Waals surface area contributed by atoms with Crippen molar-refractivity contribution in [1.29, 1.82) is 0 Å². The van der Waals surface area contributed by atoms with Crippen LogP contribution in [0.1, 0.15) is 33.9 Å². The van der Waals surface area contributed by atoms with Crippen molar-refractivity contribution in [3.63, 3.8) is 0 Å². The zero-order valence-electron chi connectivity index (χ0n) is 21.0. The predicted octanol–water partition coefficient (Wildman–Crippen LogP) is 5.58. The molecular formula is C30H27NO6S. The number of phenols is 2. The Hall–Kier alpha value is -4.30. The second-order valence-corrected chi connectivity index (χ2v) is 10.1. The Morgan fingerprint density at radius 1 is 0.895 bits per heavy atom. The molecule has 0 bridgehead atoms. The maximum Gasteiger partial charge on any atom is 0.193 e. The van der Waals surface area contributed by atoms with Gasteiger partial charge in [-0.1, -0.05) is 36.4 Å². The van der Waals surface area contributed by atoms with Gasteiger partial charge in [-0.25, -0.2) is 0 Å². The van der Waals surface area contributed by atoms with E-state index in [-0.39, 0.29) is 40.7 Å². The molecular weight excluding hydrogens is 502 g/mol. The first-order valence-corrected chi connectivity index (χ1v) is 13.0. The number of hydrogen-bond acceptors (Lipinski definition) is 8. The van der Waals surface area contributed by atoms with Crippen molar-refractivity contribution in [2.24, 2.45) is 0 Å². The number of nitrogens with zero attached hydrogens (tertiary/aromatic N) is 1. The van der Waals surface area contributed by atoms with E-state index in [1.807, 2.05) is 18.2 Å². The van der Waals surface area contributed by atoms with Crippen molar-refractivity contribution in [3.8, 4) is 33.4 Å². The van der Waals surface area contributed by atoms with Crippen LogP contribution in [0, 0.1) is 0 Å². The summed E-state index contributed by atoms with van der Waals surface area (Å²) >= 11 is 1.36. The van der Waals surface area contributed by atoms with Crippen molar-refractivity contribution >= 4 is 22.1 Å². The highest BCUT2D eigenvalue weighted by Crippen LogP contribution is 2.44. The zero-order valence-corrected chi connectivity index (χ0v) is 21.8. The van der Waals surface area contributed by atoms with Gasteiger partial charge in [-0.2, -0.15) is 0 Å². The van der Waals surface area contributed by atoms with Gasteiger partial charge in [0.2, 0.25) is 0 Å². The average Bonchev–Trinajstić information content (AvgIpc) is 2.93. The van der Waals surface area contributed by atoms with Gasteiger partial charge in [-0.3, -0.25) is 9.59 Å². The number of anilines is 1. The number of ether oxygens (including phenoxy) is 2. The van der Waals surface area contributed by atoms with Crippen LogP contribution in [0.2, 0.25) is 0 Å². The van der Waals surface area contributed by atoms with Gasteiger partial charge < -0.3 is 24.6 Å². The van der Waals surface area contributed by atoms with Gasteiger partial charge in [0.05, 0.1) is 25.8 Å². The summed E-state index contributed by atoms with van der Waals surface area (Å²) in [6.07, 6.45) is 0.836. The first-order chi connectivity index (χ1) is 18.4. The Kier molecular flexibility index (Phi) is 7.07. The molecule has 7 nitrogen and oxygen atoms in total. The Morgan fingerprint density at radius 3 is 2.29 bits per heavy atom. The van der Waals surface area contributed by atoms with Crippen molar-refractivity contribution in [1.82, 2.24) is 0 Å². The highest BCUT2D eigenvalue weighted by Gasteiger charge is 2.35. The third kappa shape index (κ3) is 4.82. The summed E-state index contributed by atoms with van der Waals surface area (Å²) in [6.45, 7) is 0.566. The molecule has 1 atom stereocenters. The normalized spacial score (nSPS) is 14.7. The number of hydrogen-bond donors (Lipinski definition) is 2. The van der Waals surface area contributed by atoms with Crippen molar-refractivity contribution in [3.05, 3.63) is 99.7 Å². The molecule has 8 heteroatoms. The monoisotopic (exact) mass is 529 g/mol. The Bertz CT molecular complexity index is 1550. The molecule has 4 aromatic rings. The van der Waals surface area contributed by atoms with Gasteiger partial charge >= 0.3 is 0 Å². The molecule has 0 saturated heterocycles. The summed E-state index contributed by atoms with van der Waals surface area (Å²) in [6, 6.07) is 21.2. The smallest absolute Gasteiger partial charge is 0.193 e. The number of methoxy groups -OCH3 is 2. The molecule has 5 rings (SSSR count). The summed E-state index contributed by atoms with van der Waals surface area (Å²) in [5.74, 6) is 0.419. The summed E-state index contributed by atoms with van der Waals surface area (Å²) in [4.78, 5) is 29.5. The Labute approximate surface area is 224 Å². The van der Waals surface area contributed by atoms with Crippen molar-refractivity contribution in [2.75, 3.05) is 25.7 Å². The minimum absolute atomic E-state index is 0.00237. The number of rotatable bonds is 7. The van der Waals surface area contributed by atoms with E-state index in [2.05, 4.69) is 17.0 Å². The number of ketones is 1. The molecule has 194 valence electrons. The van der Waals surface area contributed by atoms with Crippen LogP contribution in [0.25, 0.3) is 10.4 Å². The third-order valence-corrected chi connectivity index (χ3v) is 7.97. The molecule has 0 radical (unpaired) electrons. The second kappa shape index (κ2) is 10.6.